The first kappa shape index (κ1) is 20.7. The van der Waals surface area contributed by atoms with Crippen molar-refractivity contribution in [3.63, 3.8) is 0 Å². The van der Waals surface area contributed by atoms with Gasteiger partial charge in [-0.2, -0.15) is 0 Å². The van der Waals surface area contributed by atoms with E-state index < -0.39 is 0 Å². The van der Waals surface area contributed by atoms with Gasteiger partial charge in [-0.05, 0) is 73.2 Å². The Hall–Kier alpha value is -3.24. The molecule has 0 atom stereocenters. The number of hydrogen-bond acceptors (Lipinski definition) is 3. The summed E-state index contributed by atoms with van der Waals surface area (Å²) in [6, 6.07) is 25.1. The minimum absolute atomic E-state index is 0.199. The van der Waals surface area contributed by atoms with Crippen LogP contribution in [-0.2, 0) is 6.42 Å². The van der Waals surface area contributed by atoms with E-state index in [2.05, 4.69) is 64.5 Å². The molecule has 1 aromatic heterocycles. The zero-order valence-corrected chi connectivity index (χ0v) is 18.6. The fraction of sp³-hybridized carbons (Fsp3) is 0.286. The number of fused-ring (bicyclic) bond motifs is 1. The van der Waals surface area contributed by atoms with Crippen molar-refractivity contribution in [2.24, 2.45) is 0 Å². The molecule has 4 nitrogen and oxygen atoms in total. The molecule has 2 heterocycles. The van der Waals surface area contributed by atoms with Crippen LogP contribution in [0.3, 0.4) is 0 Å². The topological polar surface area (TPSA) is 48.5 Å². The van der Waals surface area contributed by atoms with Gasteiger partial charge in [0.05, 0.1) is 7.11 Å². The Bertz CT molecular complexity index is 1190. The molecule has 5 rings (SSSR count). The number of likely N-dealkylation sites (tertiary alicyclic amines) is 1. The molecule has 4 aromatic rings. The first-order valence-corrected chi connectivity index (χ1v) is 11.5. The number of benzene rings is 3. The van der Waals surface area contributed by atoms with Crippen molar-refractivity contribution >= 4 is 10.9 Å². The van der Waals surface area contributed by atoms with Crippen molar-refractivity contribution < 1.29 is 9.84 Å². The number of ether oxygens (including phenoxy) is 1. The molecule has 32 heavy (non-hydrogen) atoms. The Kier molecular flexibility index (Phi) is 5.87. The molecule has 0 unspecified atom stereocenters. The fourth-order valence-electron chi connectivity index (χ4n) is 5.03. The van der Waals surface area contributed by atoms with Crippen molar-refractivity contribution in [3.05, 3.63) is 83.9 Å². The third kappa shape index (κ3) is 4.11. The predicted molar refractivity (Wildman–Crippen MR) is 131 cm³/mol. The molecule has 3 aromatic carbocycles. The second kappa shape index (κ2) is 9.09. The number of rotatable bonds is 6. The van der Waals surface area contributed by atoms with E-state index in [1.807, 2.05) is 12.1 Å². The normalized spacial score (nSPS) is 15.3. The van der Waals surface area contributed by atoms with Gasteiger partial charge in [0, 0.05) is 23.1 Å². The predicted octanol–water partition coefficient (Wildman–Crippen LogP) is 5.97. The number of aromatic hydroxyl groups is 1. The van der Waals surface area contributed by atoms with Gasteiger partial charge >= 0.3 is 0 Å². The third-order valence-electron chi connectivity index (χ3n) is 6.77. The van der Waals surface area contributed by atoms with Crippen LogP contribution >= 0.6 is 0 Å². The summed E-state index contributed by atoms with van der Waals surface area (Å²) in [6.07, 6.45) is 3.30. The highest BCUT2D eigenvalue weighted by molar-refractivity contribution is 5.91. The van der Waals surface area contributed by atoms with Gasteiger partial charge in [0.2, 0.25) is 0 Å². The number of hydrogen-bond donors (Lipinski definition) is 2. The van der Waals surface area contributed by atoms with E-state index in [4.69, 9.17) is 4.74 Å². The minimum atomic E-state index is 0.199. The van der Waals surface area contributed by atoms with Crippen LogP contribution in [0.2, 0.25) is 0 Å². The maximum atomic E-state index is 9.81. The molecule has 0 radical (unpaired) electrons. The largest absolute Gasteiger partial charge is 0.504 e. The van der Waals surface area contributed by atoms with Gasteiger partial charge in [-0.3, -0.25) is 0 Å². The van der Waals surface area contributed by atoms with Crippen LogP contribution in [0.4, 0.5) is 0 Å². The average molecular weight is 427 g/mol. The Morgan fingerprint density at radius 2 is 1.72 bits per heavy atom. The Morgan fingerprint density at radius 1 is 0.969 bits per heavy atom. The lowest BCUT2D eigenvalue weighted by Crippen LogP contribution is -2.34. The summed E-state index contributed by atoms with van der Waals surface area (Å²) in [6.45, 7) is 3.24. The Labute approximate surface area is 189 Å². The highest BCUT2D eigenvalue weighted by atomic mass is 16.5. The molecule has 2 N–H and O–H groups in total. The van der Waals surface area contributed by atoms with Crippen LogP contribution in [0.25, 0.3) is 22.2 Å². The first-order valence-electron chi connectivity index (χ1n) is 11.5. The van der Waals surface area contributed by atoms with Crippen LogP contribution in [-0.4, -0.2) is 41.7 Å². The van der Waals surface area contributed by atoms with Crippen LogP contribution in [0.1, 0.15) is 29.9 Å². The SMILES string of the molecule is COc1cc(CCN2CCC(c3c(-c4ccccc4)[nH]c4ccccc34)CC2)ccc1O. The van der Waals surface area contributed by atoms with Gasteiger partial charge in [-0.1, -0.05) is 54.6 Å². The summed E-state index contributed by atoms with van der Waals surface area (Å²) in [4.78, 5) is 6.27. The van der Waals surface area contributed by atoms with Gasteiger partial charge in [0.25, 0.3) is 0 Å². The number of aromatic amines is 1. The molecule has 1 aliphatic heterocycles. The van der Waals surface area contributed by atoms with Crippen molar-refractivity contribution in [1.82, 2.24) is 9.88 Å². The molecular formula is C28H30N2O2. The van der Waals surface area contributed by atoms with E-state index in [0.29, 0.717) is 11.7 Å². The van der Waals surface area contributed by atoms with E-state index in [-0.39, 0.29) is 5.75 Å². The van der Waals surface area contributed by atoms with Crippen LogP contribution in [0, 0.1) is 0 Å². The summed E-state index contributed by atoms with van der Waals surface area (Å²) in [5.74, 6) is 1.31. The molecular weight excluding hydrogens is 396 g/mol. The highest BCUT2D eigenvalue weighted by Crippen LogP contribution is 2.40. The van der Waals surface area contributed by atoms with Gasteiger partial charge in [-0.25, -0.2) is 0 Å². The lowest BCUT2D eigenvalue weighted by atomic mass is 9.86. The monoisotopic (exact) mass is 426 g/mol. The smallest absolute Gasteiger partial charge is 0.160 e. The van der Waals surface area contributed by atoms with E-state index in [0.717, 1.165) is 26.1 Å². The van der Waals surface area contributed by atoms with Crippen LogP contribution < -0.4 is 4.74 Å². The molecule has 1 saturated heterocycles. The first-order chi connectivity index (χ1) is 15.7. The zero-order valence-electron chi connectivity index (χ0n) is 18.6. The van der Waals surface area contributed by atoms with Gasteiger partial charge in [-0.15, -0.1) is 0 Å². The van der Waals surface area contributed by atoms with Gasteiger partial charge in [0.1, 0.15) is 0 Å². The Morgan fingerprint density at radius 3 is 2.50 bits per heavy atom. The lowest BCUT2D eigenvalue weighted by Gasteiger charge is -2.32. The number of piperidine rings is 1. The summed E-state index contributed by atoms with van der Waals surface area (Å²) >= 11 is 0. The molecule has 0 aliphatic carbocycles. The number of aromatic nitrogens is 1. The zero-order chi connectivity index (χ0) is 21.9. The number of phenols is 1. The van der Waals surface area contributed by atoms with Crippen molar-refractivity contribution in [1.29, 1.82) is 0 Å². The number of para-hydroxylation sites is 1. The Balaban J connectivity index is 1.30. The maximum absolute atomic E-state index is 9.81. The quantitative estimate of drug-likeness (QED) is 0.399. The summed E-state index contributed by atoms with van der Waals surface area (Å²) in [7, 11) is 1.60. The van der Waals surface area contributed by atoms with Gasteiger partial charge in [0.15, 0.2) is 11.5 Å². The van der Waals surface area contributed by atoms with Crippen LogP contribution in [0.5, 0.6) is 11.5 Å². The van der Waals surface area contributed by atoms with E-state index in [9.17, 15) is 5.11 Å². The van der Waals surface area contributed by atoms with E-state index >= 15 is 0 Å². The molecule has 1 fully saturated rings. The molecule has 0 amide bonds. The lowest BCUT2D eigenvalue weighted by molar-refractivity contribution is 0.215. The fourth-order valence-corrected chi connectivity index (χ4v) is 5.03. The average Bonchev–Trinajstić information content (AvgIpc) is 3.24. The summed E-state index contributed by atoms with van der Waals surface area (Å²) in [5.41, 5.74) is 6.45. The van der Waals surface area contributed by atoms with Crippen molar-refractivity contribution in [3.8, 4) is 22.8 Å². The number of methoxy groups -OCH3 is 1. The molecule has 164 valence electrons. The molecule has 0 bridgehead atoms. The number of phenolic OH excluding ortho intramolecular Hbond substituents is 1. The maximum Gasteiger partial charge on any atom is 0.160 e. The minimum Gasteiger partial charge on any atom is -0.504 e. The number of nitrogens with zero attached hydrogens (tertiary/aromatic N) is 1. The summed E-state index contributed by atoms with van der Waals surface area (Å²) in [5, 5.41) is 11.2. The third-order valence-corrected chi connectivity index (χ3v) is 6.77. The highest BCUT2D eigenvalue weighted by Gasteiger charge is 2.26. The van der Waals surface area contributed by atoms with Gasteiger partial charge < -0.3 is 19.7 Å². The van der Waals surface area contributed by atoms with Crippen molar-refractivity contribution in [2.45, 2.75) is 25.2 Å². The molecule has 4 heteroatoms. The number of H-pyrrole nitrogens is 1. The molecule has 0 spiro atoms. The second-order valence-corrected chi connectivity index (χ2v) is 8.70. The molecule has 1 aliphatic rings. The van der Waals surface area contributed by atoms with E-state index in [1.54, 1.807) is 13.2 Å². The van der Waals surface area contributed by atoms with Crippen molar-refractivity contribution in [2.75, 3.05) is 26.7 Å². The summed E-state index contributed by atoms with van der Waals surface area (Å²) < 4.78 is 5.25. The number of nitrogens with one attached hydrogen (secondary N) is 1. The van der Waals surface area contributed by atoms with Crippen LogP contribution in [0.15, 0.2) is 72.8 Å². The second-order valence-electron chi connectivity index (χ2n) is 8.70. The standard InChI is InChI=1S/C28H30N2O2/c1-32-26-19-20(11-12-25(26)31)13-16-30-17-14-21(15-18-30)27-23-9-5-6-10-24(23)29-28(27)22-7-3-2-4-8-22/h2-12,19,21,29,31H,13-18H2,1H3. The molecule has 0 saturated carbocycles. The van der Waals surface area contributed by atoms with E-state index in [1.165, 1.54) is 46.1 Å².